The molecule has 1 unspecified atom stereocenters. The van der Waals surface area contributed by atoms with E-state index < -0.39 is 10.0 Å². The van der Waals surface area contributed by atoms with E-state index in [0.29, 0.717) is 6.54 Å². The third-order valence-electron chi connectivity index (χ3n) is 4.64. The van der Waals surface area contributed by atoms with Gasteiger partial charge in [-0.2, -0.15) is 9.57 Å². The van der Waals surface area contributed by atoms with Crippen LogP contribution < -0.4 is 4.74 Å². The number of carbonyl (C=O) groups excluding carboxylic acids is 1. The molecular weight excluding hydrogens is 354 g/mol. The number of amides is 1. The van der Waals surface area contributed by atoms with Crippen LogP contribution in [0.2, 0.25) is 0 Å². The first-order valence-corrected chi connectivity index (χ1v) is 10.1. The van der Waals surface area contributed by atoms with Gasteiger partial charge in [0.25, 0.3) is 5.91 Å². The molecule has 0 saturated carbocycles. The van der Waals surface area contributed by atoms with E-state index in [0.717, 1.165) is 19.3 Å². The van der Waals surface area contributed by atoms with Gasteiger partial charge in [-0.25, -0.2) is 8.42 Å². The van der Waals surface area contributed by atoms with Crippen LogP contribution in [0.25, 0.3) is 0 Å². The lowest BCUT2D eigenvalue weighted by Gasteiger charge is -2.32. The zero-order valence-corrected chi connectivity index (χ0v) is 16.3. The molecule has 0 radical (unpaired) electrons. The van der Waals surface area contributed by atoms with Crippen LogP contribution in [-0.4, -0.2) is 56.8 Å². The molecule has 0 spiro atoms. The van der Waals surface area contributed by atoms with Gasteiger partial charge >= 0.3 is 0 Å². The first kappa shape index (κ1) is 20.2. The molecule has 0 N–H and O–H groups in total. The summed E-state index contributed by atoms with van der Waals surface area (Å²) >= 11 is 0. The lowest BCUT2D eigenvalue weighted by molar-refractivity contribution is 0.0797. The fraction of sp³-hybridized carbons (Fsp3) is 0.556. The molecule has 142 valence electrons. The zero-order valence-electron chi connectivity index (χ0n) is 15.4. The van der Waals surface area contributed by atoms with Gasteiger partial charge in [0, 0.05) is 31.7 Å². The van der Waals surface area contributed by atoms with Gasteiger partial charge in [-0.05, 0) is 38.0 Å². The highest BCUT2D eigenvalue weighted by Crippen LogP contribution is 2.31. The minimum Gasteiger partial charge on any atom is -0.495 e. The number of nitrogens with zero attached hydrogens (tertiary/aromatic N) is 3. The molecule has 1 aromatic rings. The summed E-state index contributed by atoms with van der Waals surface area (Å²) in [6.07, 6.45) is 2.86. The van der Waals surface area contributed by atoms with Crippen LogP contribution in [0.5, 0.6) is 5.75 Å². The molecule has 1 aromatic carbocycles. The van der Waals surface area contributed by atoms with E-state index in [-0.39, 0.29) is 41.1 Å². The Kier molecular flexibility index (Phi) is 6.62. The van der Waals surface area contributed by atoms with Gasteiger partial charge in [-0.1, -0.05) is 6.42 Å². The minimum atomic E-state index is -3.77. The van der Waals surface area contributed by atoms with Crippen LogP contribution in [0.3, 0.4) is 0 Å². The predicted molar refractivity (Wildman–Crippen MR) is 97.4 cm³/mol. The van der Waals surface area contributed by atoms with Crippen molar-refractivity contribution in [3.63, 3.8) is 0 Å². The van der Waals surface area contributed by atoms with Crippen LogP contribution in [0.4, 0.5) is 0 Å². The summed E-state index contributed by atoms with van der Waals surface area (Å²) in [6, 6.07) is 6.33. The van der Waals surface area contributed by atoms with Crippen molar-refractivity contribution in [2.45, 2.75) is 43.5 Å². The molecule has 0 aromatic heterocycles. The lowest BCUT2D eigenvalue weighted by atomic mass is 10.1. The Labute approximate surface area is 155 Å². The SMILES string of the molecule is COc1ccc(C(=O)N(C)CCC#N)cc1S(=O)(=O)N1CCCCC1C. The van der Waals surface area contributed by atoms with Crippen LogP contribution in [0.1, 0.15) is 43.0 Å². The van der Waals surface area contributed by atoms with Gasteiger partial charge in [-0.3, -0.25) is 4.79 Å². The second-order valence-corrected chi connectivity index (χ2v) is 8.32. The van der Waals surface area contributed by atoms with E-state index in [2.05, 4.69) is 0 Å². The summed E-state index contributed by atoms with van der Waals surface area (Å²) < 4.78 is 33.1. The Hall–Kier alpha value is -2.11. The summed E-state index contributed by atoms with van der Waals surface area (Å²) in [5.41, 5.74) is 0.259. The van der Waals surface area contributed by atoms with Crippen molar-refractivity contribution in [1.82, 2.24) is 9.21 Å². The van der Waals surface area contributed by atoms with E-state index in [1.165, 1.54) is 28.4 Å². The maximum Gasteiger partial charge on any atom is 0.253 e. The van der Waals surface area contributed by atoms with Gasteiger partial charge in [0.05, 0.1) is 19.6 Å². The second-order valence-electron chi connectivity index (χ2n) is 6.46. The quantitative estimate of drug-likeness (QED) is 0.756. The molecule has 1 aliphatic rings. The Morgan fingerprint density at radius 1 is 1.42 bits per heavy atom. The van der Waals surface area contributed by atoms with Crippen LogP contribution in [0.15, 0.2) is 23.1 Å². The van der Waals surface area contributed by atoms with Crippen molar-refractivity contribution in [3.05, 3.63) is 23.8 Å². The number of piperidine rings is 1. The van der Waals surface area contributed by atoms with Gasteiger partial charge in [0.15, 0.2) is 0 Å². The Morgan fingerprint density at radius 3 is 2.77 bits per heavy atom. The number of benzene rings is 1. The van der Waals surface area contributed by atoms with E-state index in [4.69, 9.17) is 10.00 Å². The van der Waals surface area contributed by atoms with Gasteiger partial charge in [-0.15, -0.1) is 0 Å². The summed E-state index contributed by atoms with van der Waals surface area (Å²) in [5, 5.41) is 8.67. The molecule has 1 saturated heterocycles. The van der Waals surface area contributed by atoms with E-state index in [1.54, 1.807) is 13.1 Å². The van der Waals surface area contributed by atoms with Crippen molar-refractivity contribution in [1.29, 1.82) is 5.26 Å². The third-order valence-corrected chi connectivity index (χ3v) is 6.68. The maximum absolute atomic E-state index is 13.2. The maximum atomic E-state index is 13.2. The topological polar surface area (TPSA) is 90.7 Å². The van der Waals surface area contributed by atoms with Gasteiger partial charge in [0.1, 0.15) is 10.6 Å². The lowest BCUT2D eigenvalue weighted by Crippen LogP contribution is -2.42. The number of sulfonamides is 1. The highest BCUT2D eigenvalue weighted by Gasteiger charge is 2.33. The number of hydrogen-bond donors (Lipinski definition) is 0. The molecule has 1 aliphatic heterocycles. The molecule has 1 amide bonds. The van der Waals surface area contributed by atoms with Crippen molar-refractivity contribution < 1.29 is 17.9 Å². The monoisotopic (exact) mass is 379 g/mol. The Balaban J connectivity index is 2.41. The summed E-state index contributed by atoms with van der Waals surface area (Å²) in [5.74, 6) is -0.106. The third kappa shape index (κ3) is 4.17. The van der Waals surface area contributed by atoms with Crippen molar-refractivity contribution >= 4 is 15.9 Å². The van der Waals surface area contributed by atoms with Gasteiger partial charge in [0.2, 0.25) is 10.0 Å². The molecule has 7 nitrogen and oxygen atoms in total. The summed E-state index contributed by atoms with van der Waals surface area (Å²) in [4.78, 5) is 14.0. The zero-order chi connectivity index (χ0) is 19.3. The highest BCUT2D eigenvalue weighted by molar-refractivity contribution is 7.89. The summed E-state index contributed by atoms with van der Waals surface area (Å²) in [6.45, 7) is 2.65. The van der Waals surface area contributed by atoms with Crippen LogP contribution in [0, 0.1) is 11.3 Å². The predicted octanol–water partition coefficient (Wildman–Crippen LogP) is 2.24. The van der Waals surface area contributed by atoms with E-state index in [1.807, 2.05) is 13.0 Å². The molecular formula is C18H25N3O4S. The standard InChI is InChI=1S/C18H25N3O4S/c1-14-7-4-5-12-21(14)26(23,24)17-13-15(8-9-16(17)25-3)18(22)20(2)11-6-10-19/h8-9,13-14H,4-7,11-12H2,1-3H3. The van der Waals surface area contributed by atoms with Crippen molar-refractivity contribution in [3.8, 4) is 11.8 Å². The van der Waals surface area contributed by atoms with E-state index in [9.17, 15) is 13.2 Å². The molecule has 2 rings (SSSR count). The molecule has 0 aliphatic carbocycles. The van der Waals surface area contributed by atoms with Gasteiger partial charge < -0.3 is 9.64 Å². The van der Waals surface area contributed by atoms with Crippen LogP contribution in [-0.2, 0) is 10.0 Å². The average molecular weight is 379 g/mol. The molecule has 0 bridgehead atoms. The van der Waals surface area contributed by atoms with Crippen molar-refractivity contribution in [2.75, 3.05) is 27.2 Å². The number of hydrogen-bond acceptors (Lipinski definition) is 5. The smallest absolute Gasteiger partial charge is 0.253 e. The number of nitriles is 1. The second kappa shape index (κ2) is 8.52. The number of methoxy groups -OCH3 is 1. The average Bonchev–Trinajstić information content (AvgIpc) is 2.65. The molecule has 1 fully saturated rings. The fourth-order valence-corrected chi connectivity index (χ4v) is 4.99. The number of ether oxygens (including phenoxy) is 1. The van der Waals surface area contributed by atoms with Crippen LogP contribution >= 0.6 is 0 Å². The first-order chi connectivity index (χ1) is 12.3. The highest BCUT2D eigenvalue weighted by atomic mass is 32.2. The molecule has 26 heavy (non-hydrogen) atoms. The minimum absolute atomic E-state index is 0.00767. The Morgan fingerprint density at radius 2 is 2.15 bits per heavy atom. The molecule has 1 atom stereocenters. The fourth-order valence-electron chi connectivity index (χ4n) is 3.11. The Bertz CT molecular complexity index is 801. The molecule has 1 heterocycles. The first-order valence-electron chi connectivity index (χ1n) is 8.65. The normalized spacial score (nSPS) is 18.2. The summed E-state index contributed by atoms with van der Waals surface area (Å²) in [7, 11) is -0.768. The molecule has 8 heteroatoms. The van der Waals surface area contributed by atoms with E-state index >= 15 is 0 Å². The largest absolute Gasteiger partial charge is 0.495 e. The number of carbonyl (C=O) groups is 1. The number of rotatable bonds is 6. The van der Waals surface area contributed by atoms with Crippen molar-refractivity contribution in [2.24, 2.45) is 0 Å².